The van der Waals surface area contributed by atoms with Gasteiger partial charge >= 0.3 is 0 Å². The van der Waals surface area contributed by atoms with Gasteiger partial charge in [0.1, 0.15) is 10.8 Å². The van der Waals surface area contributed by atoms with Crippen LogP contribution in [0.4, 0.5) is 5.82 Å². The van der Waals surface area contributed by atoms with Gasteiger partial charge in [-0.1, -0.05) is 25.1 Å². The van der Waals surface area contributed by atoms with E-state index in [0.29, 0.717) is 4.99 Å². The Morgan fingerprint density at radius 2 is 2.10 bits per heavy atom. The van der Waals surface area contributed by atoms with Crippen LogP contribution in [0.15, 0.2) is 6.07 Å². The number of nitrogens with two attached hydrogens (primary N) is 1. The summed E-state index contributed by atoms with van der Waals surface area (Å²) in [4.78, 5) is 5.09. The van der Waals surface area contributed by atoms with Crippen LogP contribution in [0.1, 0.15) is 48.9 Å². The summed E-state index contributed by atoms with van der Waals surface area (Å²) in [6.07, 6.45) is 6.98. The topological polar surface area (TPSA) is 71.2 Å². The number of hydrogen-bond acceptors (Lipinski definition) is 4. The second kappa shape index (κ2) is 5.66. The third kappa shape index (κ3) is 2.65. The quantitative estimate of drug-likeness (QED) is 0.742. The van der Waals surface area contributed by atoms with Crippen LogP contribution in [-0.2, 0) is 12.8 Å². The molecule has 4 nitrogen and oxygen atoms in total. The molecule has 2 atom stereocenters. The monoisotopic (exact) mass is 291 g/mol. The summed E-state index contributed by atoms with van der Waals surface area (Å²) in [5, 5.41) is 13.5. The zero-order valence-corrected chi connectivity index (χ0v) is 12.4. The third-order valence-corrected chi connectivity index (χ3v) is 4.59. The van der Waals surface area contributed by atoms with E-state index in [1.165, 1.54) is 5.56 Å². The Balaban J connectivity index is 1.89. The van der Waals surface area contributed by atoms with Crippen molar-refractivity contribution in [3.05, 3.63) is 22.9 Å². The molecule has 108 valence electrons. The Morgan fingerprint density at radius 3 is 2.85 bits per heavy atom. The van der Waals surface area contributed by atoms with Gasteiger partial charge in [-0.15, -0.1) is 0 Å². The Kier molecular flexibility index (Phi) is 3.89. The molecule has 1 saturated carbocycles. The third-order valence-electron chi connectivity index (χ3n) is 4.37. The van der Waals surface area contributed by atoms with E-state index in [2.05, 4.69) is 11.4 Å². The van der Waals surface area contributed by atoms with E-state index in [4.69, 9.17) is 22.9 Å². The molecule has 1 fully saturated rings. The molecule has 2 aliphatic carbocycles. The first-order valence-corrected chi connectivity index (χ1v) is 7.83. The van der Waals surface area contributed by atoms with Crippen LogP contribution in [0.25, 0.3) is 0 Å². The maximum atomic E-state index is 10.1. The van der Waals surface area contributed by atoms with E-state index in [0.717, 1.165) is 62.0 Å². The molecule has 3 rings (SSSR count). The number of aliphatic hydroxyl groups excluding tert-OH is 1. The molecule has 2 unspecified atom stereocenters. The van der Waals surface area contributed by atoms with Crippen molar-refractivity contribution in [1.29, 1.82) is 0 Å². The molecule has 4 N–H and O–H groups in total. The number of aliphatic hydroxyl groups is 1. The molecular weight excluding hydrogens is 270 g/mol. The number of aryl methyl sites for hydroxylation is 2. The van der Waals surface area contributed by atoms with Gasteiger partial charge in [0.2, 0.25) is 0 Å². The molecular formula is C15H21N3OS. The van der Waals surface area contributed by atoms with Crippen LogP contribution in [0.2, 0.25) is 0 Å². The van der Waals surface area contributed by atoms with E-state index in [1.54, 1.807) is 0 Å². The molecule has 5 heteroatoms. The molecule has 1 aromatic rings. The van der Waals surface area contributed by atoms with Crippen molar-refractivity contribution >= 4 is 23.0 Å². The lowest BCUT2D eigenvalue weighted by Crippen LogP contribution is -2.37. The minimum absolute atomic E-state index is 0.0591. The highest BCUT2D eigenvalue weighted by Crippen LogP contribution is 2.28. The van der Waals surface area contributed by atoms with Crippen LogP contribution in [0, 0.1) is 0 Å². The number of anilines is 1. The molecule has 0 aromatic carbocycles. The van der Waals surface area contributed by atoms with Crippen molar-refractivity contribution in [2.24, 2.45) is 5.73 Å². The maximum absolute atomic E-state index is 10.1. The summed E-state index contributed by atoms with van der Waals surface area (Å²) in [5.41, 5.74) is 9.07. The average molecular weight is 291 g/mol. The van der Waals surface area contributed by atoms with Crippen molar-refractivity contribution in [3.63, 3.8) is 0 Å². The normalized spacial score (nSPS) is 25.2. The van der Waals surface area contributed by atoms with E-state index in [1.807, 2.05) is 0 Å². The van der Waals surface area contributed by atoms with Crippen LogP contribution < -0.4 is 11.1 Å². The van der Waals surface area contributed by atoms with Crippen molar-refractivity contribution in [1.82, 2.24) is 4.98 Å². The Bertz CT molecular complexity index is 532. The van der Waals surface area contributed by atoms with Gasteiger partial charge in [-0.3, -0.25) is 0 Å². The predicted octanol–water partition coefficient (Wildman–Crippen LogP) is 1.92. The number of pyridine rings is 1. The second-order valence-corrected chi connectivity index (χ2v) is 6.25. The van der Waals surface area contributed by atoms with Gasteiger partial charge < -0.3 is 16.2 Å². The summed E-state index contributed by atoms with van der Waals surface area (Å²) >= 11 is 5.15. The van der Waals surface area contributed by atoms with E-state index in [-0.39, 0.29) is 12.1 Å². The summed E-state index contributed by atoms with van der Waals surface area (Å²) in [5.74, 6) is 0.754. The fraction of sp³-hybridized carbons (Fsp3) is 0.600. The van der Waals surface area contributed by atoms with Gasteiger partial charge in [0, 0.05) is 5.69 Å². The molecule has 0 saturated heterocycles. The highest BCUT2D eigenvalue weighted by Gasteiger charge is 2.25. The summed E-state index contributed by atoms with van der Waals surface area (Å²) in [6, 6.07) is 2.14. The maximum Gasteiger partial charge on any atom is 0.136 e. The Morgan fingerprint density at radius 1 is 1.30 bits per heavy atom. The van der Waals surface area contributed by atoms with E-state index in [9.17, 15) is 5.11 Å². The number of fused-ring (bicyclic) bond motifs is 1. The molecule has 0 spiro atoms. The van der Waals surface area contributed by atoms with Crippen molar-refractivity contribution in [2.75, 3.05) is 5.32 Å². The SMILES string of the molecule is NC(=S)c1cc2c(nc1NC1CCCCC1O)CCC2. The summed E-state index contributed by atoms with van der Waals surface area (Å²) in [7, 11) is 0. The molecule has 20 heavy (non-hydrogen) atoms. The lowest BCUT2D eigenvalue weighted by Gasteiger charge is -2.29. The first-order chi connectivity index (χ1) is 9.65. The number of nitrogens with zero attached hydrogens (tertiary/aromatic N) is 1. The Hall–Kier alpha value is -1.20. The second-order valence-electron chi connectivity index (χ2n) is 5.81. The van der Waals surface area contributed by atoms with Crippen molar-refractivity contribution in [2.45, 2.75) is 57.1 Å². The Labute approximate surface area is 124 Å². The number of thiocarbonyl (C=S) groups is 1. The molecule has 1 aromatic heterocycles. The van der Waals surface area contributed by atoms with Gasteiger partial charge in [0.25, 0.3) is 0 Å². The minimum atomic E-state index is -0.307. The van der Waals surface area contributed by atoms with Crippen molar-refractivity contribution in [3.8, 4) is 0 Å². The predicted molar refractivity (Wildman–Crippen MR) is 84.0 cm³/mol. The zero-order chi connectivity index (χ0) is 14.1. The number of hydrogen-bond donors (Lipinski definition) is 3. The van der Waals surface area contributed by atoms with Gasteiger partial charge in [0.15, 0.2) is 0 Å². The minimum Gasteiger partial charge on any atom is -0.391 e. The van der Waals surface area contributed by atoms with E-state index >= 15 is 0 Å². The molecule has 1 heterocycles. The largest absolute Gasteiger partial charge is 0.391 e. The smallest absolute Gasteiger partial charge is 0.136 e. The summed E-state index contributed by atoms with van der Waals surface area (Å²) in [6.45, 7) is 0. The lowest BCUT2D eigenvalue weighted by atomic mass is 9.92. The molecule has 0 aliphatic heterocycles. The number of nitrogens with one attached hydrogen (secondary N) is 1. The average Bonchev–Trinajstić information content (AvgIpc) is 2.87. The number of aromatic nitrogens is 1. The van der Waals surface area contributed by atoms with Gasteiger partial charge in [-0.25, -0.2) is 4.98 Å². The lowest BCUT2D eigenvalue weighted by molar-refractivity contribution is 0.116. The number of rotatable bonds is 3. The fourth-order valence-corrected chi connectivity index (χ4v) is 3.38. The summed E-state index contributed by atoms with van der Waals surface area (Å²) < 4.78 is 0. The van der Waals surface area contributed by atoms with Crippen LogP contribution >= 0.6 is 12.2 Å². The van der Waals surface area contributed by atoms with Crippen LogP contribution in [0.3, 0.4) is 0 Å². The highest BCUT2D eigenvalue weighted by atomic mass is 32.1. The van der Waals surface area contributed by atoms with Gasteiger partial charge in [-0.2, -0.15) is 0 Å². The van der Waals surface area contributed by atoms with Gasteiger partial charge in [0.05, 0.1) is 17.7 Å². The van der Waals surface area contributed by atoms with Crippen LogP contribution in [-0.4, -0.2) is 27.2 Å². The first-order valence-electron chi connectivity index (χ1n) is 7.42. The highest BCUT2D eigenvalue weighted by molar-refractivity contribution is 7.80. The van der Waals surface area contributed by atoms with Gasteiger partial charge in [-0.05, 0) is 43.7 Å². The molecule has 0 radical (unpaired) electrons. The van der Waals surface area contributed by atoms with E-state index < -0.39 is 0 Å². The zero-order valence-electron chi connectivity index (χ0n) is 11.6. The molecule has 2 aliphatic rings. The molecule has 0 amide bonds. The first kappa shape index (κ1) is 13.8. The molecule has 0 bridgehead atoms. The fourth-order valence-electron chi connectivity index (χ4n) is 3.23. The van der Waals surface area contributed by atoms with Crippen LogP contribution in [0.5, 0.6) is 0 Å². The standard InChI is InChI=1S/C15H21N3OS/c16-14(20)10-8-9-4-3-6-11(9)17-15(10)18-12-5-1-2-7-13(12)19/h8,12-13,19H,1-7H2,(H2,16,20)(H,17,18). The van der Waals surface area contributed by atoms with Crippen molar-refractivity contribution < 1.29 is 5.11 Å².